The van der Waals surface area contributed by atoms with Crippen molar-refractivity contribution in [1.29, 1.82) is 0 Å². The molecule has 0 radical (unpaired) electrons. The number of likely N-dealkylation sites (tertiary alicyclic amines) is 1. The summed E-state index contributed by atoms with van der Waals surface area (Å²) in [6.07, 6.45) is 5.13. The van der Waals surface area contributed by atoms with E-state index in [0.29, 0.717) is 17.1 Å². The van der Waals surface area contributed by atoms with Gasteiger partial charge in [-0.2, -0.15) is 0 Å². The molecule has 2 saturated heterocycles. The molecule has 3 aliphatic rings. The molecule has 1 saturated carbocycles. The lowest BCUT2D eigenvalue weighted by atomic mass is 9.60. The van der Waals surface area contributed by atoms with Gasteiger partial charge < -0.3 is 9.16 Å². The third kappa shape index (κ3) is 3.69. The van der Waals surface area contributed by atoms with Gasteiger partial charge in [-0.15, -0.1) is 0 Å². The molecule has 5 rings (SSSR count). The Balaban J connectivity index is 1.35. The summed E-state index contributed by atoms with van der Waals surface area (Å²) in [6.45, 7) is 13.9. The number of ether oxygens (including phenoxy) is 1. The van der Waals surface area contributed by atoms with E-state index < -0.39 is 8.32 Å². The van der Waals surface area contributed by atoms with Crippen LogP contribution in [0.3, 0.4) is 0 Å². The fourth-order valence-electron chi connectivity index (χ4n) is 6.46. The van der Waals surface area contributed by atoms with Gasteiger partial charge in [-0.25, -0.2) is 0 Å². The Kier molecular flexibility index (Phi) is 5.64. The molecule has 0 unspecified atom stereocenters. The van der Waals surface area contributed by atoms with Gasteiger partial charge in [0.05, 0.1) is 0 Å². The fourth-order valence-corrected chi connectivity index (χ4v) is 11.1. The topological polar surface area (TPSA) is 21.7 Å². The largest absolute Gasteiger partial charge is 0.404 e. The first-order chi connectivity index (χ1) is 15.3. The molecule has 0 N–H and O–H groups in total. The quantitative estimate of drug-likeness (QED) is 0.623. The van der Waals surface area contributed by atoms with Crippen molar-refractivity contribution in [1.82, 2.24) is 4.90 Å². The van der Waals surface area contributed by atoms with Gasteiger partial charge in [0.1, 0.15) is 0 Å². The second-order valence-corrected chi connectivity index (χ2v) is 16.0. The maximum absolute atomic E-state index is 7.35. The molecule has 2 aromatic rings. The van der Waals surface area contributed by atoms with Gasteiger partial charge in [-0.1, -0.05) is 81.4 Å². The maximum Gasteiger partial charge on any atom is 0.261 e. The average molecular weight is 450 g/mol. The highest BCUT2D eigenvalue weighted by molar-refractivity contribution is 6.99. The Morgan fingerprint density at radius 1 is 0.875 bits per heavy atom. The molecule has 32 heavy (non-hydrogen) atoms. The molecule has 0 atom stereocenters. The second-order valence-electron chi connectivity index (χ2n) is 11.8. The zero-order valence-electron chi connectivity index (χ0n) is 20.3. The predicted octanol–water partition coefficient (Wildman–Crippen LogP) is 4.60. The van der Waals surface area contributed by atoms with E-state index in [9.17, 15) is 0 Å². The molecule has 0 amide bonds. The smallest absolute Gasteiger partial charge is 0.261 e. The Labute approximate surface area is 195 Å². The summed E-state index contributed by atoms with van der Waals surface area (Å²) in [5, 5.41) is 2.84. The van der Waals surface area contributed by atoms with Crippen molar-refractivity contribution in [2.24, 2.45) is 5.41 Å². The minimum absolute atomic E-state index is 0.0552. The van der Waals surface area contributed by atoms with Crippen molar-refractivity contribution < 1.29 is 9.16 Å². The summed E-state index contributed by atoms with van der Waals surface area (Å²) >= 11 is 0. The standard InChI is InChI=1S/C28H39NO2Si/c1-26(2,3)32(24-11-7-5-8-12-24,25-13-9-6-10-14-25)31-23-19-28(20-23)21-29(22-28)27(4)15-17-30-18-16-27/h5-14,23H,15-22H2,1-4H3. The number of benzene rings is 2. The van der Waals surface area contributed by atoms with Crippen LogP contribution in [-0.4, -0.2) is 51.2 Å². The van der Waals surface area contributed by atoms with Gasteiger partial charge >= 0.3 is 0 Å². The average Bonchev–Trinajstić information content (AvgIpc) is 2.72. The minimum Gasteiger partial charge on any atom is -0.404 e. The highest BCUT2D eigenvalue weighted by Crippen LogP contribution is 2.54. The molecular weight excluding hydrogens is 410 g/mol. The van der Waals surface area contributed by atoms with E-state index in [4.69, 9.17) is 9.16 Å². The summed E-state index contributed by atoms with van der Waals surface area (Å²) in [7, 11) is -2.43. The van der Waals surface area contributed by atoms with Crippen molar-refractivity contribution >= 4 is 18.7 Å². The highest BCUT2D eigenvalue weighted by atomic mass is 28.4. The van der Waals surface area contributed by atoms with E-state index in [-0.39, 0.29) is 5.04 Å². The number of nitrogens with zero attached hydrogens (tertiary/aromatic N) is 1. The Morgan fingerprint density at radius 2 is 1.38 bits per heavy atom. The van der Waals surface area contributed by atoms with Gasteiger partial charge in [-0.05, 0) is 48.0 Å². The lowest BCUT2D eigenvalue weighted by Gasteiger charge is -2.65. The second kappa shape index (κ2) is 8.09. The van der Waals surface area contributed by atoms with Crippen molar-refractivity contribution in [2.75, 3.05) is 26.3 Å². The molecule has 0 aromatic heterocycles. The van der Waals surface area contributed by atoms with Crippen LogP contribution in [0.5, 0.6) is 0 Å². The molecule has 3 fully saturated rings. The predicted molar refractivity (Wildman–Crippen MR) is 134 cm³/mol. The molecule has 2 heterocycles. The SMILES string of the molecule is CC1(N2CC3(CC(O[Si](c4ccccc4)(c4ccccc4)C(C)(C)C)C3)C2)CCOCC1. The number of hydrogen-bond acceptors (Lipinski definition) is 3. The van der Waals surface area contributed by atoms with Gasteiger partial charge in [-0.3, -0.25) is 4.90 Å². The van der Waals surface area contributed by atoms with Crippen LogP contribution < -0.4 is 10.4 Å². The van der Waals surface area contributed by atoms with Crippen LogP contribution in [-0.2, 0) is 9.16 Å². The van der Waals surface area contributed by atoms with E-state index in [1.807, 2.05) is 0 Å². The van der Waals surface area contributed by atoms with Crippen molar-refractivity contribution in [3.05, 3.63) is 60.7 Å². The normalized spacial score (nSPS) is 23.5. The van der Waals surface area contributed by atoms with E-state index in [0.717, 1.165) is 13.2 Å². The van der Waals surface area contributed by atoms with E-state index in [2.05, 4.69) is 93.3 Å². The van der Waals surface area contributed by atoms with Gasteiger partial charge in [0.25, 0.3) is 8.32 Å². The first-order valence-electron chi connectivity index (χ1n) is 12.4. The summed E-state index contributed by atoms with van der Waals surface area (Å²) in [5.41, 5.74) is 0.824. The van der Waals surface area contributed by atoms with Gasteiger partial charge in [0.2, 0.25) is 0 Å². The Hall–Kier alpha value is -1.46. The van der Waals surface area contributed by atoms with Gasteiger partial charge in [0, 0.05) is 43.4 Å². The molecule has 1 aliphatic carbocycles. The first-order valence-corrected chi connectivity index (χ1v) is 14.3. The minimum atomic E-state index is -2.43. The molecule has 172 valence electrons. The molecule has 2 aliphatic heterocycles. The number of rotatable bonds is 5. The van der Waals surface area contributed by atoms with Crippen molar-refractivity contribution in [2.45, 2.75) is 70.1 Å². The lowest BCUT2D eigenvalue weighted by Crippen LogP contribution is -2.73. The fraction of sp³-hybridized carbons (Fsp3) is 0.571. The Bertz CT molecular complexity index is 864. The lowest BCUT2D eigenvalue weighted by molar-refractivity contribution is -0.171. The molecule has 1 spiro atoms. The summed E-state index contributed by atoms with van der Waals surface area (Å²) in [5.74, 6) is 0. The van der Waals surface area contributed by atoms with Crippen LogP contribution in [0.4, 0.5) is 0 Å². The summed E-state index contributed by atoms with van der Waals surface area (Å²) < 4.78 is 13.0. The first kappa shape index (κ1) is 22.3. The Morgan fingerprint density at radius 3 is 1.84 bits per heavy atom. The number of hydrogen-bond donors (Lipinski definition) is 0. The summed E-state index contributed by atoms with van der Waals surface area (Å²) in [4.78, 5) is 2.73. The molecule has 4 heteroatoms. The molecule has 3 nitrogen and oxygen atoms in total. The maximum atomic E-state index is 7.35. The van der Waals surface area contributed by atoms with E-state index >= 15 is 0 Å². The zero-order valence-corrected chi connectivity index (χ0v) is 21.3. The van der Waals surface area contributed by atoms with Crippen molar-refractivity contribution in [3.63, 3.8) is 0 Å². The van der Waals surface area contributed by atoms with Crippen LogP contribution in [0, 0.1) is 5.41 Å². The van der Waals surface area contributed by atoms with Crippen LogP contribution in [0.15, 0.2) is 60.7 Å². The van der Waals surface area contributed by atoms with E-state index in [1.165, 1.54) is 49.1 Å². The van der Waals surface area contributed by atoms with Crippen LogP contribution in [0.1, 0.15) is 53.4 Å². The van der Waals surface area contributed by atoms with Gasteiger partial charge in [0.15, 0.2) is 0 Å². The van der Waals surface area contributed by atoms with Crippen LogP contribution in [0.25, 0.3) is 0 Å². The highest BCUT2D eigenvalue weighted by Gasteiger charge is 2.60. The van der Waals surface area contributed by atoms with E-state index in [1.54, 1.807) is 0 Å². The molecule has 2 aromatic carbocycles. The third-order valence-electron chi connectivity index (χ3n) is 8.47. The summed E-state index contributed by atoms with van der Waals surface area (Å²) in [6, 6.07) is 22.2. The molecular formula is C28H39NO2Si. The van der Waals surface area contributed by atoms with Crippen LogP contribution >= 0.6 is 0 Å². The monoisotopic (exact) mass is 449 g/mol. The molecule has 0 bridgehead atoms. The van der Waals surface area contributed by atoms with Crippen LogP contribution in [0.2, 0.25) is 5.04 Å². The zero-order chi connectivity index (χ0) is 22.5. The van der Waals surface area contributed by atoms with Crippen molar-refractivity contribution in [3.8, 4) is 0 Å². The third-order valence-corrected chi connectivity index (χ3v) is 13.6.